The van der Waals surface area contributed by atoms with Gasteiger partial charge in [0, 0.05) is 169 Å². The van der Waals surface area contributed by atoms with Gasteiger partial charge in [-0.1, -0.05) is 173 Å². The second kappa shape index (κ2) is 34.5. The second-order valence-electron chi connectivity index (χ2n) is 31.1. The number of para-hydroxylation sites is 1. The van der Waals surface area contributed by atoms with Gasteiger partial charge >= 0.3 is 0 Å². The molecule has 12 nitrogen and oxygen atoms in total. The minimum Gasteiger partial charge on any atom is -0.454 e. The van der Waals surface area contributed by atoms with Crippen LogP contribution in [0.2, 0.25) is 0 Å². The Balaban J connectivity index is 0.000000128. The van der Waals surface area contributed by atoms with Crippen molar-refractivity contribution in [3.8, 4) is 22.4 Å². The zero-order chi connectivity index (χ0) is 78.0. The Hall–Kier alpha value is -9.79. The second-order valence-corrected chi connectivity index (χ2v) is 32.2. The maximum absolute atomic E-state index is 13.4. The smallest absolute Gasteiger partial charge is 0.171 e. The van der Waals surface area contributed by atoms with E-state index in [1.165, 1.54) is 126 Å². The normalized spacial score (nSPS) is 11.4. The summed E-state index contributed by atoms with van der Waals surface area (Å²) in [6, 6.07) is 74.1. The van der Waals surface area contributed by atoms with Crippen LogP contribution in [-0.4, -0.2) is 52.7 Å². The van der Waals surface area contributed by atoms with E-state index in [1.54, 1.807) is 31.1 Å². The third-order valence-electron chi connectivity index (χ3n) is 21.6. The molecule has 0 spiro atoms. The molecule has 22 rings (SSSR count). The summed E-state index contributed by atoms with van der Waals surface area (Å²) in [7, 11) is 0. The molecule has 0 fully saturated rings. The van der Waals surface area contributed by atoms with E-state index in [0.717, 1.165) is 117 Å². The van der Waals surface area contributed by atoms with Crippen LogP contribution in [0.4, 0.5) is 4.39 Å². The minimum absolute atomic E-state index is 0. The van der Waals surface area contributed by atoms with Gasteiger partial charge in [-0.05, 0) is 200 Å². The zero-order valence-electron chi connectivity index (χ0n) is 67.2. The molecule has 0 atom stereocenters. The van der Waals surface area contributed by atoms with Crippen LogP contribution in [0.5, 0.6) is 0 Å². The number of aryl methyl sites for hydroxylation is 11. The number of aromatic nitrogens is 11. The van der Waals surface area contributed by atoms with Crippen molar-refractivity contribution in [2.45, 2.75) is 103 Å². The third kappa shape index (κ3) is 15.3. The number of benzene rings is 10. The van der Waals surface area contributed by atoms with Gasteiger partial charge < -0.3 is 27.6 Å². The Labute approximate surface area is 754 Å². The number of hydrogen-bond donors (Lipinski definition) is 0. The van der Waals surface area contributed by atoms with Gasteiger partial charge in [0.2, 0.25) is 0 Å². The number of fused-ring (bicyclic) bond motifs is 30. The number of halogens is 1. The minimum atomic E-state index is -0.274. The van der Waals surface area contributed by atoms with E-state index in [0.29, 0.717) is 0 Å². The molecule has 0 aliphatic heterocycles. The third-order valence-corrected chi connectivity index (χ3v) is 22.7. The van der Waals surface area contributed by atoms with Crippen LogP contribution in [0.1, 0.15) is 87.1 Å². The first-order chi connectivity index (χ1) is 54.6. The van der Waals surface area contributed by atoms with Crippen molar-refractivity contribution in [1.82, 2.24) is 52.7 Å². The number of hydrogen-bond acceptors (Lipinski definition) is 9. The van der Waals surface area contributed by atoms with Gasteiger partial charge in [0.1, 0.15) is 5.58 Å². The van der Waals surface area contributed by atoms with E-state index in [1.807, 2.05) is 95.0 Å². The summed E-state index contributed by atoms with van der Waals surface area (Å²) in [5, 5.41) is 20.1. The molecular weight excluding hydrogens is 2370 g/mol. The largest absolute Gasteiger partial charge is 0.454 e. The quantitative estimate of drug-likeness (QED) is 0.127. The van der Waals surface area contributed by atoms with E-state index >= 15 is 0 Å². The number of thiophene rings is 1. The number of pyridine rings is 6. The van der Waals surface area contributed by atoms with Gasteiger partial charge in [-0.3, -0.25) is 28.8 Å². The Morgan fingerprint density at radius 2 is 1.10 bits per heavy atom. The average Bonchev–Trinajstić information content (AvgIpc) is 0.879. The number of nitrogens with zero attached hydrogens (tertiary/aromatic N) is 11. The molecule has 0 saturated carbocycles. The van der Waals surface area contributed by atoms with Crippen molar-refractivity contribution in [2.24, 2.45) is 5.41 Å². The molecule has 10 aromatic carbocycles. The summed E-state index contributed by atoms with van der Waals surface area (Å²) in [5.74, 6) is -0.274. The summed E-state index contributed by atoms with van der Waals surface area (Å²) in [5.41, 5.74) is 29.3. The van der Waals surface area contributed by atoms with Crippen molar-refractivity contribution in [1.29, 1.82) is 0 Å². The van der Waals surface area contributed by atoms with Gasteiger partial charge in [-0.2, -0.15) is 17.2 Å². The molecule has 118 heavy (non-hydrogen) atoms. The Kier molecular flexibility index (Phi) is 25.2. The first-order valence-electron chi connectivity index (χ1n) is 38.0. The Morgan fingerprint density at radius 3 is 1.87 bits per heavy atom. The molecule has 12 aromatic heterocycles. The first-order valence-corrected chi connectivity index (χ1v) is 38.9. The summed E-state index contributed by atoms with van der Waals surface area (Å²) in [6.07, 6.45) is 14.0. The van der Waals surface area contributed by atoms with Crippen LogP contribution in [0.3, 0.4) is 0 Å². The van der Waals surface area contributed by atoms with Crippen LogP contribution in [0.25, 0.3) is 164 Å². The Bertz CT molecular complexity index is 7460. The van der Waals surface area contributed by atoms with E-state index in [4.69, 9.17) is 9.40 Å². The monoisotopic (exact) mass is 2450 g/mol. The molecule has 0 unspecified atom stereocenters. The molecule has 19 heteroatoms. The SMILES string of the molecule is Cc1cc(C)c(-c2cc[c-]c3c4ncoc4c4c(C)cc(C)cc4c23)c(C)c1.Cc1cc2c3cccc(C)c3c3ncc[c-]c3n2n1.Cc1cccc(C)c1-c1cnc2c3[c-]cccc3c3cc(CC(C)(C)C)sc3n12.Cc1cn2c3cccc(C)c3c3ncc[c-]c3c2n1.Fc1c[c-]c2c(c1)c1ccccc1n1ccnc21.[Ir].[Ir].[Ir].[Ir].[Ir]. The molecule has 0 aliphatic carbocycles. The van der Waals surface area contributed by atoms with Gasteiger partial charge in [-0.15, -0.1) is 94.9 Å². The summed E-state index contributed by atoms with van der Waals surface area (Å²) < 4.78 is 27.7. The number of rotatable bonds is 3. The van der Waals surface area contributed by atoms with Crippen molar-refractivity contribution < 1.29 is 109 Å². The van der Waals surface area contributed by atoms with Gasteiger partial charge in [0.15, 0.2) is 6.39 Å². The Morgan fingerprint density at radius 1 is 0.449 bits per heavy atom. The van der Waals surface area contributed by atoms with Gasteiger partial charge in [0.05, 0.1) is 38.7 Å². The van der Waals surface area contributed by atoms with Gasteiger partial charge in [0.25, 0.3) is 0 Å². The first kappa shape index (κ1) is 86.1. The standard InChI is InChI=1S/C26H25N2S.C26H22NO.2C16H12N3.C15H8FN2.5Ir/c1-16-9-8-10-17(2)23(16)22-15-27-24-20-12-7-6-11-19(20)21-13-18(14-26(3,4)5)29-25(21)28(22)24;1-14-9-16(3)22(17(4)10-14)19-7-6-8-20-24(19)21-12-15(2)11-18(5)23(21)26-25(20)27-13-28-26;1-10-5-3-7-13-14(10)15-12(6-4-8-17-15)16-18-11(2)9-19(13)16;1-10-5-3-6-12-14-9-11(2)18-19(14)13-7-4-8-17-16(13)15(10)12;16-10-5-6-12-13(9-10)11-3-1-2-4-14(11)18-8-7-17-15(12)18;;;;;/h6-11,13,15H,14H2,1-5H3;6-7,9-13H,1-5H3;3-5,7-9H,1-2H3;3-6,8-9H,1-2H3;1-5,7-9H;;;;;/q5*-1;;;;;. The fraction of sp³-hybridized carbons (Fsp3) is 0.162. The number of imidazole rings is 3. The van der Waals surface area contributed by atoms with Crippen LogP contribution >= 0.6 is 11.3 Å². The maximum atomic E-state index is 13.4. The fourth-order valence-corrected chi connectivity index (χ4v) is 18.7. The van der Waals surface area contributed by atoms with E-state index in [2.05, 4.69) is 268 Å². The van der Waals surface area contributed by atoms with Crippen LogP contribution in [0.15, 0.2) is 218 Å². The van der Waals surface area contributed by atoms with Crippen molar-refractivity contribution in [3.05, 3.63) is 316 Å². The van der Waals surface area contributed by atoms with Crippen LogP contribution in [0, 0.1) is 118 Å². The predicted octanol–water partition coefficient (Wildman–Crippen LogP) is 25.0. The molecule has 0 N–H and O–H groups in total. The van der Waals surface area contributed by atoms with Gasteiger partial charge in [-0.25, -0.2) is 0 Å². The van der Waals surface area contributed by atoms with E-state index in [-0.39, 0.29) is 112 Å². The molecular formula is C99H79FIr5N11OS-5. The van der Waals surface area contributed by atoms with Crippen molar-refractivity contribution in [3.63, 3.8) is 0 Å². The molecule has 12 heterocycles. The predicted molar refractivity (Wildman–Crippen MR) is 464 cm³/mol. The van der Waals surface area contributed by atoms with E-state index < -0.39 is 0 Å². The van der Waals surface area contributed by atoms with Crippen molar-refractivity contribution in [2.75, 3.05) is 0 Å². The molecule has 0 amide bonds. The topological polar surface area (TPSA) is 121 Å². The summed E-state index contributed by atoms with van der Waals surface area (Å²) in [4.78, 5) is 30.2. The molecule has 0 saturated heterocycles. The summed E-state index contributed by atoms with van der Waals surface area (Å²) >= 11 is 1.90. The van der Waals surface area contributed by atoms with Crippen molar-refractivity contribution >= 4 is 153 Å². The average molecular weight is 2450 g/mol. The van der Waals surface area contributed by atoms with Crippen LogP contribution in [-0.2, 0) is 107 Å². The molecule has 599 valence electrons. The molecule has 22 aromatic rings. The zero-order valence-corrected chi connectivity index (χ0v) is 80.0. The van der Waals surface area contributed by atoms with Crippen LogP contribution < -0.4 is 0 Å². The molecule has 5 radical (unpaired) electrons. The fourth-order valence-electron chi connectivity index (χ4n) is 17.2. The summed E-state index contributed by atoms with van der Waals surface area (Å²) in [6.45, 7) is 30.4. The van der Waals surface area contributed by atoms with E-state index in [9.17, 15) is 4.39 Å². The molecule has 0 aliphatic rings. The maximum Gasteiger partial charge on any atom is 0.171 e. The molecule has 0 bridgehead atoms. The number of oxazole rings is 1.